The van der Waals surface area contributed by atoms with Gasteiger partial charge in [-0.1, -0.05) is 67.4 Å². The van der Waals surface area contributed by atoms with Gasteiger partial charge in [0.15, 0.2) is 11.5 Å². The summed E-state index contributed by atoms with van der Waals surface area (Å²) in [6.45, 7) is 6.40. The Bertz CT molecular complexity index is 1250. The molecule has 3 rings (SSSR count). The van der Waals surface area contributed by atoms with Crippen molar-refractivity contribution < 1.29 is 19.1 Å². The molecule has 0 aliphatic heterocycles. The molecule has 7 nitrogen and oxygen atoms in total. The van der Waals surface area contributed by atoms with Gasteiger partial charge in [0.2, 0.25) is 0 Å². The number of nitrogens with zero attached hydrogens (tertiary/aromatic N) is 1. The Hall–Kier alpha value is -3.55. The van der Waals surface area contributed by atoms with Gasteiger partial charge >= 0.3 is 0 Å². The maximum absolute atomic E-state index is 12.8. The summed E-state index contributed by atoms with van der Waals surface area (Å²) in [6.07, 6.45) is 1.50. The summed E-state index contributed by atoms with van der Waals surface area (Å²) in [5.74, 6) is 0.0384. The van der Waals surface area contributed by atoms with E-state index >= 15 is 0 Å². The van der Waals surface area contributed by atoms with Gasteiger partial charge in [-0.2, -0.15) is 5.10 Å². The molecular formula is C28H29Cl2N3O4. The minimum atomic E-state index is -0.829. The number of halogens is 2. The van der Waals surface area contributed by atoms with Crippen LogP contribution in [-0.2, 0) is 11.4 Å². The molecular weight excluding hydrogens is 513 g/mol. The van der Waals surface area contributed by atoms with Crippen molar-refractivity contribution in [1.29, 1.82) is 0 Å². The van der Waals surface area contributed by atoms with Crippen LogP contribution in [0.15, 0.2) is 71.8 Å². The van der Waals surface area contributed by atoms with E-state index in [1.165, 1.54) is 18.3 Å². The average molecular weight is 542 g/mol. The van der Waals surface area contributed by atoms with Gasteiger partial charge in [-0.15, -0.1) is 0 Å². The fourth-order valence-electron chi connectivity index (χ4n) is 3.40. The number of benzene rings is 3. The molecule has 0 aromatic heterocycles. The molecule has 2 N–H and O–H groups in total. The normalized spacial score (nSPS) is 11.8. The van der Waals surface area contributed by atoms with E-state index in [-0.39, 0.29) is 16.5 Å². The van der Waals surface area contributed by atoms with Crippen molar-refractivity contribution in [2.45, 2.75) is 33.4 Å². The summed E-state index contributed by atoms with van der Waals surface area (Å²) in [7, 11) is 0. The second-order valence-corrected chi connectivity index (χ2v) is 9.31. The zero-order chi connectivity index (χ0) is 26.8. The number of nitrogens with one attached hydrogen (secondary N) is 2. The van der Waals surface area contributed by atoms with Crippen molar-refractivity contribution in [3.05, 3.63) is 93.5 Å². The number of carbonyl (C=O) groups excluding carboxylic acids is 2. The van der Waals surface area contributed by atoms with Crippen LogP contribution in [0.2, 0.25) is 10.0 Å². The lowest BCUT2D eigenvalue weighted by molar-refractivity contribution is -0.123. The van der Waals surface area contributed by atoms with E-state index in [9.17, 15) is 9.59 Å². The molecule has 2 amide bonds. The number of carbonyl (C=O) groups is 2. The third-order valence-corrected chi connectivity index (χ3v) is 5.85. The van der Waals surface area contributed by atoms with E-state index in [0.29, 0.717) is 35.3 Å². The van der Waals surface area contributed by atoms with E-state index in [2.05, 4.69) is 15.8 Å². The van der Waals surface area contributed by atoms with Gasteiger partial charge in [0.25, 0.3) is 11.8 Å². The first-order chi connectivity index (χ1) is 17.8. The summed E-state index contributed by atoms with van der Waals surface area (Å²) in [6, 6.07) is 18.9. The third-order valence-electron chi connectivity index (χ3n) is 5.30. The van der Waals surface area contributed by atoms with Gasteiger partial charge in [0.1, 0.15) is 12.6 Å². The molecule has 0 saturated carbocycles. The summed E-state index contributed by atoms with van der Waals surface area (Å²) in [5.41, 5.74) is 4.47. The Morgan fingerprint density at radius 1 is 0.973 bits per heavy atom. The minimum absolute atomic E-state index is 0.198. The van der Waals surface area contributed by atoms with E-state index < -0.39 is 17.9 Å². The summed E-state index contributed by atoms with van der Waals surface area (Å²) >= 11 is 12.0. The van der Waals surface area contributed by atoms with Gasteiger partial charge in [-0.3, -0.25) is 9.59 Å². The molecule has 0 aliphatic rings. The Morgan fingerprint density at radius 3 is 2.41 bits per heavy atom. The van der Waals surface area contributed by atoms with E-state index in [0.717, 1.165) is 5.56 Å². The number of ether oxygens (including phenoxy) is 2. The van der Waals surface area contributed by atoms with Crippen LogP contribution in [-0.4, -0.2) is 30.7 Å². The molecule has 3 aromatic carbocycles. The van der Waals surface area contributed by atoms with Crippen molar-refractivity contribution in [3.63, 3.8) is 0 Å². The number of amides is 2. The standard InChI is InChI=1S/C28H29Cl2N3O4/c1-4-36-25-14-20(10-13-24(25)37-17-19-8-6-5-7-9-19)16-31-33-28(35)26(18(2)3)32-27(34)22-12-11-21(29)15-23(22)30/h5-16,18,26H,4,17H2,1-3H3,(H,32,34)(H,33,35). The van der Waals surface area contributed by atoms with Gasteiger partial charge < -0.3 is 14.8 Å². The molecule has 0 fully saturated rings. The molecule has 1 atom stereocenters. The molecule has 3 aromatic rings. The molecule has 37 heavy (non-hydrogen) atoms. The number of hydrogen-bond acceptors (Lipinski definition) is 5. The Balaban J connectivity index is 1.64. The van der Waals surface area contributed by atoms with Gasteiger partial charge in [-0.25, -0.2) is 5.43 Å². The molecule has 0 bridgehead atoms. The zero-order valence-electron chi connectivity index (χ0n) is 20.8. The molecule has 0 aliphatic carbocycles. The number of rotatable bonds is 11. The maximum atomic E-state index is 12.8. The van der Waals surface area contributed by atoms with Gasteiger partial charge in [-0.05, 0) is 60.4 Å². The molecule has 0 heterocycles. The van der Waals surface area contributed by atoms with Gasteiger partial charge in [0.05, 0.1) is 23.4 Å². The second-order valence-electron chi connectivity index (χ2n) is 8.47. The van der Waals surface area contributed by atoms with Crippen molar-refractivity contribution >= 4 is 41.2 Å². The predicted molar refractivity (Wildman–Crippen MR) is 147 cm³/mol. The van der Waals surface area contributed by atoms with Crippen LogP contribution in [0, 0.1) is 5.92 Å². The highest BCUT2D eigenvalue weighted by atomic mass is 35.5. The highest BCUT2D eigenvalue weighted by Gasteiger charge is 2.25. The Kier molecular flexibility index (Phi) is 10.4. The summed E-state index contributed by atoms with van der Waals surface area (Å²) < 4.78 is 11.6. The minimum Gasteiger partial charge on any atom is -0.490 e. The molecule has 194 valence electrons. The van der Waals surface area contributed by atoms with Crippen LogP contribution in [0.1, 0.15) is 42.3 Å². The maximum Gasteiger partial charge on any atom is 0.262 e. The number of hydrogen-bond donors (Lipinski definition) is 2. The monoisotopic (exact) mass is 541 g/mol. The van der Waals surface area contributed by atoms with Crippen molar-refractivity contribution in [2.75, 3.05) is 6.61 Å². The van der Waals surface area contributed by atoms with Crippen molar-refractivity contribution in [1.82, 2.24) is 10.7 Å². The van der Waals surface area contributed by atoms with E-state index in [1.807, 2.05) is 57.2 Å². The van der Waals surface area contributed by atoms with Crippen LogP contribution in [0.5, 0.6) is 11.5 Å². The highest BCUT2D eigenvalue weighted by molar-refractivity contribution is 6.36. The van der Waals surface area contributed by atoms with Crippen LogP contribution in [0.25, 0.3) is 0 Å². The summed E-state index contributed by atoms with van der Waals surface area (Å²) in [5, 5.41) is 7.39. The van der Waals surface area contributed by atoms with Gasteiger partial charge in [0, 0.05) is 5.02 Å². The van der Waals surface area contributed by atoms with Crippen molar-refractivity contribution in [2.24, 2.45) is 11.0 Å². The van der Waals surface area contributed by atoms with Crippen molar-refractivity contribution in [3.8, 4) is 11.5 Å². The van der Waals surface area contributed by atoms with E-state index in [1.54, 1.807) is 18.2 Å². The number of hydrazone groups is 1. The van der Waals surface area contributed by atoms with Crippen LogP contribution < -0.4 is 20.2 Å². The second kappa shape index (κ2) is 13.7. The highest BCUT2D eigenvalue weighted by Crippen LogP contribution is 2.29. The van der Waals surface area contributed by atoms with Crippen LogP contribution >= 0.6 is 23.2 Å². The first kappa shape index (κ1) is 28.0. The third kappa shape index (κ3) is 8.23. The first-order valence-electron chi connectivity index (χ1n) is 11.8. The molecule has 0 saturated heterocycles. The molecule has 9 heteroatoms. The first-order valence-corrected chi connectivity index (χ1v) is 12.6. The largest absolute Gasteiger partial charge is 0.490 e. The fraction of sp³-hybridized carbons (Fsp3) is 0.250. The average Bonchev–Trinajstić information content (AvgIpc) is 2.87. The Labute approximate surface area is 226 Å². The Morgan fingerprint density at radius 2 is 1.73 bits per heavy atom. The van der Waals surface area contributed by atoms with Crippen LogP contribution in [0.4, 0.5) is 0 Å². The molecule has 1 unspecified atom stereocenters. The lowest BCUT2D eigenvalue weighted by Crippen LogP contribution is -2.48. The zero-order valence-corrected chi connectivity index (χ0v) is 22.3. The van der Waals surface area contributed by atoms with Crippen LogP contribution in [0.3, 0.4) is 0 Å². The molecule has 0 spiro atoms. The lowest BCUT2D eigenvalue weighted by Gasteiger charge is -2.20. The molecule has 0 radical (unpaired) electrons. The topological polar surface area (TPSA) is 89.0 Å². The van der Waals surface area contributed by atoms with E-state index in [4.69, 9.17) is 32.7 Å². The fourth-order valence-corrected chi connectivity index (χ4v) is 3.89. The summed E-state index contributed by atoms with van der Waals surface area (Å²) in [4.78, 5) is 25.5. The lowest BCUT2D eigenvalue weighted by atomic mass is 10.0. The predicted octanol–water partition coefficient (Wildman–Crippen LogP) is 5.88. The SMILES string of the molecule is CCOc1cc(C=NNC(=O)C(NC(=O)c2ccc(Cl)cc2Cl)C(C)C)ccc1OCc1ccccc1. The quantitative estimate of drug-likeness (QED) is 0.234. The smallest absolute Gasteiger partial charge is 0.262 e.